The molecule has 2 rings (SSSR count). The molecule has 0 spiro atoms. The molecule has 0 saturated heterocycles. The summed E-state index contributed by atoms with van der Waals surface area (Å²) in [4.78, 5) is 3.75. The largest absolute Gasteiger partial charge is 0.442 e. The Morgan fingerprint density at radius 1 is 1.26 bits per heavy atom. The molecule has 0 atom stereocenters. The molecule has 1 heterocycles. The Bertz CT molecular complexity index is 675. The van der Waals surface area contributed by atoms with Gasteiger partial charge in [0.15, 0.2) is 0 Å². The molecule has 2 aromatic rings. The number of pyridine rings is 1. The Balaban J connectivity index is 2.35. The number of quaternary nitrogens is 1. The van der Waals surface area contributed by atoms with Crippen LogP contribution in [0.15, 0.2) is 47.5 Å². The predicted molar refractivity (Wildman–Crippen MR) is 67.4 cm³/mol. The summed E-state index contributed by atoms with van der Waals surface area (Å²) in [6.07, 6.45) is 1.44. The number of hydrogen-bond acceptors (Lipinski definition) is 3. The van der Waals surface area contributed by atoms with Gasteiger partial charge < -0.3 is 15.4 Å². The minimum absolute atomic E-state index is 0.0711. The lowest BCUT2D eigenvalue weighted by atomic mass is 10.2. The molecule has 19 heavy (non-hydrogen) atoms. The molecule has 0 amide bonds. The van der Waals surface area contributed by atoms with E-state index in [1.54, 1.807) is 12.1 Å². The van der Waals surface area contributed by atoms with Gasteiger partial charge in [0.1, 0.15) is 12.4 Å². The van der Waals surface area contributed by atoms with E-state index in [2.05, 4.69) is 15.4 Å². The van der Waals surface area contributed by atoms with Crippen LogP contribution in [0.25, 0.3) is 4.72 Å². The van der Waals surface area contributed by atoms with Crippen LogP contribution in [-0.4, -0.2) is 13.4 Å². The van der Waals surface area contributed by atoms with Gasteiger partial charge in [-0.1, -0.05) is 24.4 Å². The third kappa shape index (κ3) is 3.07. The number of benzene rings is 1. The minimum Gasteiger partial charge on any atom is -0.442 e. The van der Waals surface area contributed by atoms with Crippen molar-refractivity contribution >= 4 is 15.8 Å². The lowest BCUT2D eigenvalue weighted by molar-refractivity contribution is -0.387. The van der Waals surface area contributed by atoms with Crippen molar-refractivity contribution in [1.82, 2.24) is 4.98 Å². The van der Waals surface area contributed by atoms with E-state index in [9.17, 15) is 12.8 Å². The number of nitrogens with zero attached hydrogens (tertiary/aromatic N) is 2. The average molecular weight is 281 g/mol. The number of rotatable bonds is 4. The Hall–Kier alpha value is -1.99. The van der Waals surface area contributed by atoms with Crippen LogP contribution in [0.3, 0.4) is 0 Å². The quantitative estimate of drug-likeness (QED) is 0.917. The van der Waals surface area contributed by atoms with E-state index in [0.29, 0.717) is 0 Å². The zero-order chi connectivity index (χ0) is 13.9. The average Bonchev–Trinajstić information content (AvgIpc) is 2.39. The first-order valence-corrected chi connectivity index (χ1v) is 6.93. The van der Waals surface area contributed by atoms with Crippen molar-refractivity contribution < 1.29 is 18.5 Å². The molecule has 0 saturated carbocycles. The van der Waals surface area contributed by atoms with Gasteiger partial charge in [-0.3, -0.25) is 0 Å². The SMILES string of the molecule is [NH3+]Cc1cc(S(=O)(=O)[N-]c2ccccn2)ccc1F. The summed E-state index contributed by atoms with van der Waals surface area (Å²) in [6.45, 7) is 0.165. The van der Waals surface area contributed by atoms with Crippen LogP contribution in [0.5, 0.6) is 0 Å². The smallest absolute Gasteiger partial charge is 0.202 e. The summed E-state index contributed by atoms with van der Waals surface area (Å²) >= 11 is 0. The van der Waals surface area contributed by atoms with E-state index in [1.807, 2.05) is 0 Å². The van der Waals surface area contributed by atoms with Gasteiger partial charge in [-0.15, -0.1) is 0 Å². The zero-order valence-corrected chi connectivity index (χ0v) is 10.8. The van der Waals surface area contributed by atoms with Crippen LogP contribution in [0.4, 0.5) is 10.2 Å². The molecule has 0 aliphatic heterocycles. The molecule has 0 aliphatic rings. The molecule has 0 unspecified atom stereocenters. The van der Waals surface area contributed by atoms with Crippen molar-refractivity contribution in [1.29, 1.82) is 0 Å². The van der Waals surface area contributed by atoms with E-state index < -0.39 is 15.8 Å². The minimum atomic E-state index is -3.89. The molecule has 3 N–H and O–H groups in total. The predicted octanol–water partition coefficient (Wildman–Crippen LogP) is 1.36. The molecule has 7 heteroatoms. The van der Waals surface area contributed by atoms with Crippen molar-refractivity contribution in [2.24, 2.45) is 0 Å². The van der Waals surface area contributed by atoms with Crippen LogP contribution in [0, 0.1) is 5.82 Å². The van der Waals surface area contributed by atoms with Crippen LogP contribution in [-0.2, 0) is 16.6 Å². The topological polar surface area (TPSA) is 88.8 Å². The molecular formula is C12H12FN3O2S. The Morgan fingerprint density at radius 2 is 2.05 bits per heavy atom. The highest BCUT2D eigenvalue weighted by atomic mass is 32.2. The van der Waals surface area contributed by atoms with Gasteiger partial charge >= 0.3 is 0 Å². The summed E-state index contributed by atoms with van der Waals surface area (Å²) < 4.78 is 41.0. The second kappa shape index (κ2) is 5.33. The van der Waals surface area contributed by atoms with Crippen molar-refractivity contribution in [3.8, 4) is 0 Å². The molecular weight excluding hydrogens is 269 g/mol. The van der Waals surface area contributed by atoms with Crippen LogP contribution < -0.4 is 5.73 Å². The maximum absolute atomic E-state index is 13.3. The highest BCUT2D eigenvalue weighted by molar-refractivity contribution is 7.94. The van der Waals surface area contributed by atoms with Gasteiger partial charge in [0.25, 0.3) is 0 Å². The van der Waals surface area contributed by atoms with Crippen molar-refractivity contribution in [2.45, 2.75) is 11.4 Å². The summed E-state index contributed by atoms with van der Waals surface area (Å²) in [5, 5.41) is 0. The molecule has 1 aromatic heterocycles. The van der Waals surface area contributed by atoms with E-state index in [-0.39, 0.29) is 22.8 Å². The summed E-state index contributed by atoms with van der Waals surface area (Å²) in [6, 6.07) is 8.28. The van der Waals surface area contributed by atoms with Crippen molar-refractivity contribution in [2.75, 3.05) is 0 Å². The normalized spacial score (nSPS) is 11.3. The number of aromatic nitrogens is 1. The van der Waals surface area contributed by atoms with Crippen LogP contribution in [0.1, 0.15) is 5.56 Å². The van der Waals surface area contributed by atoms with E-state index >= 15 is 0 Å². The fourth-order valence-electron chi connectivity index (χ4n) is 1.49. The Labute approximate surface area is 110 Å². The first kappa shape index (κ1) is 13.4. The summed E-state index contributed by atoms with van der Waals surface area (Å²) in [5.41, 5.74) is 3.78. The van der Waals surface area contributed by atoms with Gasteiger partial charge in [0.2, 0.25) is 10.0 Å². The first-order valence-electron chi connectivity index (χ1n) is 5.49. The lowest BCUT2D eigenvalue weighted by Crippen LogP contribution is -2.47. The maximum atomic E-state index is 13.3. The summed E-state index contributed by atoms with van der Waals surface area (Å²) in [7, 11) is -3.89. The zero-order valence-electron chi connectivity index (χ0n) is 9.95. The molecule has 0 aliphatic carbocycles. The maximum Gasteiger partial charge on any atom is 0.202 e. The van der Waals surface area contributed by atoms with Gasteiger partial charge in [-0.05, 0) is 24.0 Å². The van der Waals surface area contributed by atoms with E-state index in [1.165, 1.54) is 24.4 Å². The number of sulfonamides is 1. The second-order valence-corrected chi connectivity index (χ2v) is 5.36. The fourth-order valence-corrected chi connectivity index (χ4v) is 2.48. The van der Waals surface area contributed by atoms with Crippen molar-refractivity contribution in [3.63, 3.8) is 0 Å². The molecule has 100 valence electrons. The van der Waals surface area contributed by atoms with Gasteiger partial charge in [-0.2, -0.15) is 0 Å². The lowest BCUT2D eigenvalue weighted by Gasteiger charge is -2.15. The number of halogens is 1. The van der Waals surface area contributed by atoms with Gasteiger partial charge in [0.05, 0.1) is 4.90 Å². The van der Waals surface area contributed by atoms with E-state index in [0.717, 1.165) is 6.07 Å². The van der Waals surface area contributed by atoms with Crippen molar-refractivity contribution in [3.05, 3.63) is 58.7 Å². The van der Waals surface area contributed by atoms with E-state index in [4.69, 9.17) is 0 Å². The monoisotopic (exact) mass is 281 g/mol. The highest BCUT2D eigenvalue weighted by Gasteiger charge is 2.13. The molecule has 1 aromatic carbocycles. The van der Waals surface area contributed by atoms with Gasteiger partial charge in [0, 0.05) is 5.56 Å². The third-order valence-corrected chi connectivity index (χ3v) is 3.72. The van der Waals surface area contributed by atoms with Crippen LogP contribution >= 0.6 is 0 Å². The summed E-state index contributed by atoms with van der Waals surface area (Å²) in [5.74, 6) is -0.394. The third-order valence-electron chi connectivity index (χ3n) is 2.45. The molecule has 0 bridgehead atoms. The van der Waals surface area contributed by atoms with Crippen LogP contribution in [0.2, 0.25) is 0 Å². The Kier molecular flexibility index (Phi) is 3.77. The standard InChI is InChI=1S/C12H11FN3O2S/c13-11-5-4-10(7-9(11)8-14)19(17,18)16-12-3-1-2-6-15-12/h1-7H,8,14H2/q-1/p+1. The molecule has 5 nitrogen and oxygen atoms in total. The van der Waals surface area contributed by atoms with Gasteiger partial charge in [-0.25, -0.2) is 12.8 Å². The second-order valence-electron chi connectivity index (χ2n) is 3.76. The first-order chi connectivity index (χ1) is 9.03. The molecule has 0 radical (unpaired) electrons. The fraction of sp³-hybridized carbons (Fsp3) is 0.0833. The Morgan fingerprint density at radius 3 is 2.68 bits per heavy atom. The number of hydrogen-bond donors (Lipinski definition) is 1. The molecule has 0 fully saturated rings. The highest BCUT2D eigenvalue weighted by Crippen LogP contribution is 2.26.